The summed E-state index contributed by atoms with van der Waals surface area (Å²) >= 11 is 1.38. The van der Waals surface area contributed by atoms with E-state index in [2.05, 4.69) is 12.0 Å². The highest BCUT2D eigenvalue weighted by molar-refractivity contribution is 7.99. The van der Waals surface area contributed by atoms with Crippen molar-refractivity contribution < 1.29 is 9.59 Å². The highest BCUT2D eigenvalue weighted by Crippen LogP contribution is 2.32. The van der Waals surface area contributed by atoms with E-state index in [4.69, 9.17) is 4.98 Å². The van der Waals surface area contributed by atoms with Crippen LogP contribution in [0, 0.1) is 13.8 Å². The fraction of sp³-hybridized carbons (Fsp3) is 0.200. The van der Waals surface area contributed by atoms with Gasteiger partial charge in [-0.2, -0.15) is 5.10 Å². The van der Waals surface area contributed by atoms with E-state index in [1.807, 2.05) is 60.0 Å². The Morgan fingerprint density at radius 3 is 2.66 bits per heavy atom. The van der Waals surface area contributed by atoms with Gasteiger partial charge in [0.15, 0.2) is 10.9 Å². The second-order valence-electron chi connectivity index (χ2n) is 8.02. The largest absolute Gasteiger partial charge is 0.315 e. The van der Waals surface area contributed by atoms with Crippen LogP contribution in [0.5, 0.6) is 0 Å². The average molecular weight is 443 g/mol. The van der Waals surface area contributed by atoms with E-state index < -0.39 is 0 Å². The number of anilines is 1. The molecule has 4 aromatic rings. The van der Waals surface area contributed by atoms with Crippen molar-refractivity contribution in [2.24, 2.45) is 0 Å². The molecule has 0 unspecified atom stereocenters. The lowest BCUT2D eigenvalue weighted by Crippen LogP contribution is -2.20. The highest BCUT2D eigenvalue weighted by Gasteiger charge is 2.25. The molecule has 0 spiro atoms. The van der Waals surface area contributed by atoms with Crippen LogP contribution < -0.4 is 4.90 Å². The van der Waals surface area contributed by atoms with E-state index in [-0.39, 0.29) is 17.4 Å². The third-order valence-corrected chi connectivity index (χ3v) is 6.67. The van der Waals surface area contributed by atoms with E-state index in [9.17, 15) is 9.59 Å². The molecule has 0 atom stereocenters. The molecule has 32 heavy (non-hydrogen) atoms. The number of benzene rings is 2. The quantitative estimate of drug-likeness (QED) is 0.336. The van der Waals surface area contributed by atoms with Crippen LogP contribution in [0.25, 0.3) is 16.8 Å². The van der Waals surface area contributed by atoms with Crippen LogP contribution in [-0.2, 0) is 11.2 Å². The Hall–Kier alpha value is -3.45. The molecule has 0 fully saturated rings. The molecular weight excluding hydrogens is 420 g/mol. The minimum Gasteiger partial charge on any atom is -0.315 e. The van der Waals surface area contributed by atoms with Crippen molar-refractivity contribution in [3.8, 4) is 11.3 Å². The molecule has 0 bridgehead atoms. The summed E-state index contributed by atoms with van der Waals surface area (Å²) in [5.74, 6) is 0.292. The highest BCUT2D eigenvalue weighted by atomic mass is 32.2. The monoisotopic (exact) mass is 442 g/mol. The molecule has 3 heterocycles. The third kappa shape index (κ3) is 3.48. The van der Waals surface area contributed by atoms with Gasteiger partial charge in [0.1, 0.15) is 0 Å². The fourth-order valence-electron chi connectivity index (χ4n) is 4.15. The number of carbonyl (C=O) groups is 2. The van der Waals surface area contributed by atoms with Gasteiger partial charge in [-0.15, -0.1) is 0 Å². The number of hydrogen-bond donors (Lipinski definition) is 0. The number of amides is 1. The Morgan fingerprint density at radius 1 is 1.09 bits per heavy atom. The number of aromatic nitrogens is 3. The molecule has 2 aromatic heterocycles. The Kier molecular flexibility index (Phi) is 5.06. The molecule has 0 saturated carbocycles. The standard InChI is InChI=1S/C25H22N4O2S/c1-15-11-16(2)27-29-24(15)23(17-7-5-4-6-8-17)26-25(29)32-14-21(30)18-9-10-20-19(12-18)13-22(31)28(20)3/h4-12H,13-14H2,1-3H3. The number of rotatable bonds is 5. The van der Waals surface area contributed by atoms with Gasteiger partial charge in [-0.05, 0) is 49.2 Å². The Labute approximate surface area is 190 Å². The van der Waals surface area contributed by atoms with Gasteiger partial charge in [0.05, 0.1) is 29.1 Å². The van der Waals surface area contributed by atoms with Gasteiger partial charge in [0.2, 0.25) is 5.91 Å². The molecule has 0 aliphatic carbocycles. The van der Waals surface area contributed by atoms with E-state index in [0.29, 0.717) is 17.1 Å². The number of Topliss-reactive ketones (excluding diaryl/α,β-unsaturated/α-hetero) is 1. The normalized spacial score (nSPS) is 13.1. The van der Waals surface area contributed by atoms with Gasteiger partial charge in [0.25, 0.3) is 0 Å². The van der Waals surface area contributed by atoms with Gasteiger partial charge >= 0.3 is 0 Å². The van der Waals surface area contributed by atoms with Crippen LogP contribution >= 0.6 is 11.8 Å². The zero-order valence-electron chi connectivity index (χ0n) is 18.1. The lowest BCUT2D eigenvalue weighted by molar-refractivity contribution is -0.117. The van der Waals surface area contributed by atoms with Crippen molar-refractivity contribution in [2.75, 3.05) is 17.7 Å². The van der Waals surface area contributed by atoms with Gasteiger partial charge in [-0.3, -0.25) is 9.59 Å². The molecule has 2 aromatic carbocycles. The van der Waals surface area contributed by atoms with Crippen LogP contribution in [0.4, 0.5) is 5.69 Å². The van der Waals surface area contributed by atoms with Crippen molar-refractivity contribution in [3.05, 3.63) is 77.0 Å². The van der Waals surface area contributed by atoms with Crippen molar-refractivity contribution in [1.82, 2.24) is 14.6 Å². The summed E-state index contributed by atoms with van der Waals surface area (Å²) in [6, 6.07) is 17.6. The second kappa shape index (κ2) is 7.91. The van der Waals surface area contributed by atoms with Crippen LogP contribution in [0.2, 0.25) is 0 Å². The SMILES string of the molecule is Cc1cc(C)c2c(-c3ccccc3)nc(SCC(=O)c3ccc4c(c3)CC(=O)N4C)n2n1. The maximum absolute atomic E-state index is 13.0. The summed E-state index contributed by atoms with van der Waals surface area (Å²) in [6.07, 6.45) is 0.341. The smallest absolute Gasteiger partial charge is 0.231 e. The van der Waals surface area contributed by atoms with Gasteiger partial charge in [-0.1, -0.05) is 42.1 Å². The van der Waals surface area contributed by atoms with Crippen molar-refractivity contribution in [3.63, 3.8) is 0 Å². The third-order valence-electron chi connectivity index (χ3n) is 5.74. The second-order valence-corrected chi connectivity index (χ2v) is 8.97. The average Bonchev–Trinajstić information content (AvgIpc) is 3.29. The van der Waals surface area contributed by atoms with Crippen molar-refractivity contribution in [2.45, 2.75) is 25.4 Å². The number of thioether (sulfide) groups is 1. The fourth-order valence-corrected chi connectivity index (χ4v) is 4.99. The Bertz CT molecular complexity index is 1380. The Morgan fingerprint density at radius 2 is 1.88 bits per heavy atom. The van der Waals surface area contributed by atoms with Crippen molar-refractivity contribution >= 4 is 34.7 Å². The number of hydrogen-bond acceptors (Lipinski definition) is 5. The topological polar surface area (TPSA) is 67.6 Å². The maximum atomic E-state index is 13.0. The van der Waals surface area contributed by atoms with Crippen LogP contribution in [0.1, 0.15) is 27.2 Å². The summed E-state index contributed by atoms with van der Waals surface area (Å²) in [5.41, 5.74) is 7.22. The summed E-state index contributed by atoms with van der Waals surface area (Å²) in [7, 11) is 1.76. The number of carbonyl (C=O) groups excluding carboxylic acids is 2. The molecule has 0 saturated heterocycles. The Balaban J connectivity index is 1.46. The first-order chi connectivity index (χ1) is 15.4. The summed E-state index contributed by atoms with van der Waals surface area (Å²) in [6.45, 7) is 4.01. The van der Waals surface area contributed by atoms with Gasteiger partial charge in [-0.25, -0.2) is 9.50 Å². The predicted molar refractivity (Wildman–Crippen MR) is 127 cm³/mol. The van der Waals surface area contributed by atoms with Gasteiger partial charge in [0, 0.05) is 23.9 Å². The summed E-state index contributed by atoms with van der Waals surface area (Å²) in [4.78, 5) is 31.4. The van der Waals surface area contributed by atoms with Gasteiger partial charge < -0.3 is 4.90 Å². The number of fused-ring (bicyclic) bond motifs is 2. The molecule has 5 rings (SSSR count). The number of aryl methyl sites for hydroxylation is 2. The summed E-state index contributed by atoms with van der Waals surface area (Å²) < 4.78 is 1.85. The van der Waals surface area contributed by atoms with Crippen molar-refractivity contribution in [1.29, 1.82) is 0 Å². The number of ketones is 1. The van der Waals surface area contributed by atoms with E-state index >= 15 is 0 Å². The first-order valence-corrected chi connectivity index (χ1v) is 11.4. The molecule has 6 nitrogen and oxygen atoms in total. The lowest BCUT2D eigenvalue weighted by atomic mass is 10.1. The molecular formula is C25H22N4O2S. The van der Waals surface area contributed by atoms with E-state index in [1.165, 1.54) is 11.8 Å². The molecule has 1 aliphatic heterocycles. The molecule has 160 valence electrons. The molecule has 1 aliphatic rings. The molecule has 0 radical (unpaired) electrons. The van der Waals surface area contributed by atoms with Crippen LogP contribution in [-0.4, -0.2) is 39.1 Å². The van der Waals surface area contributed by atoms with Crippen LogP contribution in [0.3, 0.4) is 0 Å². The molecule has 1 amide bonds. The zero-order valence-corrected chi connectivity index (χ0v) is 18.9. The molecule has 7 heteroatoms. The van der Waals surface area contributed by atoms with Crippen LogP contribution in [0.15, 0.2) is 59.8 Å². The first kappa shape index (κ1) is 20.5. The van der Waals surface area contributed by atoms with E-state index in [0.717, 1.165) is 39.3 Å². The van der Waals surface area contributed by atoms with E-state index in [1.54, 1.807) is 18.0 Å². The maximum Gasteiger partial charge on any atom is 0.231 e. The summed E-state index contributed by atoms with van der Waals surface area (Å²) in [5, 5.41) is 5.37. The number of imidazole rings is 1. The zero-order chi connectivity index (χ0) is 22.4. The molecule has 0 N–H and O–H groups in total. The predicted octanol–water partition coefficient (Wildman–Crippen LogP) is 4.51. The minimum atomic E-state index is 0.00203. The number of likely N-dealkylation sites (N-methyl/N-ethyl adjacent to an activating group) is 1. The number of nitrogens with zero attached hydrogens (tertiary/aromatic N) is 4. The minimum absolute atomic E-state index is 0.00203. The first-order valence-electron chi connectivity index (χ1n) is 10.4. The lowest BCUT2D eigenvalue weighted by Gasteiger charge is -2.10.